The van der Waals surface area contributed by atoms with Crippen LogP contribution >= 0.6 is 0 Å². The Hall–Kier alpha value is -4.22. The Morgan fingerprint density at radius 2 is 1.27 bits per heavy atom. The van der Waals surface area contributed by atoms with E-state index in [2.05, 4.69) is 35.9 Å². The van der Waals surface area contributed by atoms with Crippen molar-refractivity contribution in [2.24, 2.45) is 0 Å². The molecule has 5 heteroatoms. The molecule has 4 aromatic rings. The second-order valence-electron chi connectivity index (χ2n) is 8.68. The van der Waals surface area contributed by atoms with Crippen LogP contribution in [0.2, 0.25) is 0 Å². The lowest BCUT2D eigenvalue weighted by Crippen LogP contribution is -2.28. The van der Waals surface area contributed by atoms with Crippen LogP contribution in [0, 0.1) is 6.92 Å². The standard InChI is InChI=1S/C32H29NO3S/c1-3-30(26-10-6-4-7-11-26)32(27-12-8-5-9-13-27)28-19-16-25(17-20-28)18-23-31(34)33-37(35,36)29-21-14-24(2)15-22-29/h4-23H,3H2,1-2H3,(H,33,34)/b23-18+,32-30-. The zero-order valence-electron chi connectivity index (χ0n) is 20.9. The van der Waals surface area contributed by atoms with E-state index in [1.54, 1.807) is 18.2 Å². The molecule has 0 unspecified atom stereocenters. The summed E-state index contributed by atoms with van der Waals surface area (Å²) < 4.78 is 27.0. The van der Waals surface area contributed by atoms with Gasteiger partial charge in [0, 0.05) is 6.08 Å². The Kier molecular flexibility index (Phi) is 8.16. The maximum atomic E-state index is 12.5. The van der Waals surface area contributed by atoms with Crippen LogP contribution in [-0.4, -0.2) is 14.3 Å². The van der Waals surface area contributed by atoms with E-state index in [4.69, 9.17) is 0 Å². The first kappa shape index (κ1) is 25.9. The topological polar surface area (TPSA) is 63.2 Å². The van der Waals surface area contributed by atoms with E-state index in [9.17, 15) is 13.2 Å². The third kappa shape index (κ3) is 6.51. The molecular formula is C32H29NO3S. The van der Waals surface area contributed by atoms with Gasteiger partial charge in [0.25, 0.3) is 15.9 Å². The average molecular weight is 508 g/mol. The zero-order chi connectivity index (χ0) is 26.3. The van der Waals surface area contributed by atoms with Gasteiger partial charge in [0.2, 0.25) is 0 Å². The second-order valence-corrected chi connectivity index (χ2v) is 10.4. The first-order valence-electron chi connectivity index (χ1n) is 12.1. The molecule has 37 heavy (non-hydrogen) atoms. The van der Waals surface area contributed by atoms with Crippen LogP contribution in [0.4, 0.5) is 0 Å². The van der Waals surface area contributed by atoms with Crippen molar-refractivity contribution in [1.29, 1.82) is 0 Å². The number of sulfonamides is 1. The van der Waals surface area contributed by atoms with E-state index in [-0.39, 0.29) is 4.90 Å². The minimum atomic E-state index is -3.92. The highest BCUT2D eigenvalue weighted by molar-refractivity contribution is 7.90. The fraction of sp³-hybridized carbons (Fsp3) is 0.0938. The molecule has 0 aromatic heterocycles. The molecule has 186 valence electrons. The molecule has 0 aliphatic carbocycles. The van der Waals surface area contributed by atoms with Gasteiger partial charge < -0.3 is 0 Å². The minimum absolute atomic E-state index is 0.0505. The highest BCUT2D eigenvalue weighted by Crippen LogP contribution is 2.34. The molecule has 4 nitrogen and oxygen atoms in total. The predicted octanol–water partition coefficient (Wildman–Crippen LogP) is 6.88. The summed E-state index contributed by atoms with van der Waals surface area (Å²) in [7, 11) is -3.92. The summed E-state index contributed by atoms with van der Waals surface area (Å²) in [6.07, 6.45) is 3.70. The van der Waals surface area contributed by atoms with Gasteiger partial charge in [-0.15, -0.1) is 0 Å². The van der Waals surface area contributed by atoms with Gasteiger partial charge in [0.1, 0.15) is 0 Å². The molecule has 0 spiro atoms. The number of nitrogens with one attached hydrogen (secondary N) is 1. The summed E-state index contributed by atoms with van der Waals surface area (Å²) in [6.45, 7) is 4.03. The van der Waals surface area contributed by atoms with Gasteiger partial charge in [-0.05, 0) is 65.0 Å². The van der Waals surface area contributed by atoms with E-state index < -0.39 is 15.9 Å². The largest absolute Gasteiger partial charge is 0.269 e. The van der Waals surface area contributed by atoms with Gasteiger partial charge >= 0.3 is 0 Å². The number of allylic oxidation sites excluding steroid dienone is 1. The molecule has 0 radical (unpaired) electrons. The van der Waals surface area contributed by atoms with Crippen LogP contribution in [0.5, 0.6) is 0 Å². The van der Waals surface area contributed by atoms with Gasteiger partial charge in [-0.3, -0.25) is 4.79 Å². The molecule has 0 saturated heterocycles. The van der Waals surface area contributed by atoms with Crippen molar-refractivity contribution in [2.75, 3.05) is 0 Å². The maximum Gasteiger partial charge on any atom is 0.264 e. The van der Waals surface area contributed by atoms with Crippen LogP contribution in [0.25, 0.3) is 17.2 Å². The van der Waals surface area contributed by atoms with Gasteiger partial charge in [-0.2, -0.15) is 0 Å². The molecule has 0 saturated carbocycles. The Balaban J connectivity index is 1.59. The average Bonchev–Trinajstić information content (AvgIpc) is 2.92. The van der Waals surface area contributed by atoms with Gasteiger partial charge in [0.15, 0.2) is 0 Å². The third-order valence-electron chi connectivity index (χ3n) is 6.03. The number of rotatable bonds is 8. The zero-order valence-corrected chi connectivity index (χ0v) is 21.7. The van der Waals surface area contributed by atoms with Crippen LogP contribution in [0.1, 0.15) is 41.2 Å². The van der Waals surface area contributed by atoms with Crippen molar-refractivity contribution in [1.82, 2.24) is 4.72 Å². The molecule has 0 aliphatic rings. The molecule has 1 amide bonds. The smallest absolute Gasteiger partial charge is 0.264 e. The van der Waals surface area contributed by atoms with E-state index in [0.717, 1.165) is 34.2 Å². The van der Waals surface area contributed by atoms with E-state index in [0.29, 0.717) is 0 Å². The summed E-state index contributed by atoms with van der Waals surface area (Å²) >= 11 is 0. The lowest BCUT2D eigenvalue weighted by Gasteiger charge is -2.16. The van der Waals surface area contributed by atoms with Crippen molar-refractivity contribution in [3.05, 3.63) is 143 Å². The highest BCUT2D eigenvalue weighted by atomic mass is 32.2. The number of aryl methyl sites for hydroxylation is 1. The Bertz CT molecular complexity index is 1520. The Morgan fingerprint density at radius 3 is 1.84 bits per heavy atom. The van der Waals surface area contributed by atoms with E-state index in [1.807, 2.05) is 67.6 Å². The molecule has 0 atom stereocenters. The monoisotopic (exact) mass is 507 g/mol. The normalized spacial score (nSPS) is 12.3. The molecule has 4 aromatic carbocycles. The number of hydrogen-bond acceptors (Lipinski definition) is 3. The molecular weight excluding hydrogens is 478 g/mol. The lowest BCUT2D eigenvalue weighted by molar-refractivity contribution is -0.114. The first-order chi connectivity index (χ1) is 17.9. The van der Waals surface area contributed by atoms with Crippen molar-refractivity contribution in [2.45, 2.75) is 25.2 Å². The fourth-order valence-electron chi connectivity index (χ4n) is 4.16. The predicted molar refractivity (Wildman–Crippen MR) is 151 cm³/mol. The molecule has 1 N–H and O–H groups in total. The molecule has 0 heterocycles. The van der Waals surface area contributed by atoms with Crippen LogP contribution < -0.4 is 4.72 Å². The summed E-state index contributed by atoms with van der Waals surface area (Å²) in [5.74, 6) is -0.702. The molecule has 0 aliphatic heterocycles. The fourth-order valence-corrected chi connectivity index (χ4v) is 5.11. The number of benzene rings is 4. The summed E-state index contributed by atoms with van der Waals surface area (Å²) in [6, 6.07) is 34.9. The minimum Gasteiger partial charge on any atom is -0.269 e. The maximum absolute atomic E-state index is 12.5. The van der Waals surface area contributed by atoms with Crippen molar-refractivity contribution < 1.29 is 13.2 Å². The number of carbonyl (C=O) groups excluding carboxylic acids is 1. The third-order valence-corrected chi connectivity index (χ3v) is 7.40. The van der Waals surface area contributed by atoms with Crippen LogP contribution in [0.15, 0.2) is 120 Å². The summed E-state index contributed by atoms with van der Waals surface area (Å²) in [5.41, 5.74) is 7.51. The quantitative estimate of drug-likeness (QED) is 0.209. The second kappa shape index (κ2) is 11.7. The van der Waals surface area contributed by atoms with Crippen molar-refractivity contribution >= 4 is 33.2 Å². The first-order valence-corrected chi connectivity index (χ1v) is 13.6. The number of hydrogen-bond donors (Lipinski definition) is 1. The van der Waals surface area contributed by atoms with Crippen LogP contribution in [-0.2, 0) is 14.8 Å². The van der Waals surface area contributed by atoms with Crippen molar-refractivity contribution in [3.8, 4) is 0 Å². The number of amides is 1. The van der Waals surface area contributed by atoms with Crippen LogP contribution in [0.3, 0.4) is 0 Å². The molecule has 0 bridgehead atoms. The highest BCUT2D eigenvalue weighted by Gasteiger charge is 2.16. The Labute approximate surface area is 219 Å². The molecule has 4 rings (SSSR count). The van der Waals surface area contributed by atoms with E-state index in [1.165, 1.54) is 29.3 Å². The number of carbonyl (C=O) groups is 1. The SMILES string of the molecule is CC/C(=C(\c1ccccc1)c1ccc(/C=C/C(=O)NS(=O)(=O)c2ccc(C)cc2)cc1)c1ccccc1. The van der Waals surface area contributed by atoms with Gasteiger partial charge in [-0.25, -0.2) is 13.1 Å². The van der Waals surface area contributed by atoms with E-state index >= 15 is 0 Å². The summed E-state index contributed by atoms with van der Waals surface area (Å²) in [5, 5.41) is 0. The molecule has 0 fully saturated rings. The summed E-state index contributed by atoms with van der Waals surface area (Å²) in [4.78, 5) is 12.4. The lowest BCUT2D eigenvalue weighted by atomic mass is 9.88. The van der Waals surface area contributed by atoms with Gasteiger partial charge in [0.05, 0.1) is 4.90 Å². The van der Waals surface area contributed by atoms with Gasteiger partial charge in [-0.1, -0.05) is 110 Å². The Morgan fingerprint density at radius 1 is 0.730 bits per heavy atom. The van der Waals surface area contributed by atoms with Crippen molar-refractivity contribution in [3.63, 3.8) is 0 Å².